The van der Waals surface area contributed by atoms with Gasteiger partial charge in [0.1, 0.15) is 23.5 Å². The first-order valence-corrected chi connectivity index (χ1v) is 11.8. The van der Waals surface area contributed by atoms with Crippen molar-refractivity contribution >= 4 is 34.2 Å². The normalized spacial score (nSPS) is 15.1. The number of aromatic nitrogens is 1. The highest BCUT2D eigenvalue weighted by atomic mass is 19.4. The predicted molar refractivity (Wildman–Crippen MR) is 137 cm³/mol. The third kappa shape index (κ3) is 5.25. The largest absolute Gasteiger partial charge is 0.506 e. The van der Waals surface area contributed by atoms with E-state index in [4.69, 9.17) is 11.3 Å². The highest BCUT2D eigenvalue weighted by molar-refractivity contribution is 6.07. The zero-order valence-corrected chi connectivity index (χ0v) is 21.5. The number of rotatable bonds is 4. The third-order valence-corrected chi connectivity index (χ3v) is 6.20. The van der Waals surface area contributed by atoms with E-state index in [0.717, 1.165) is 12.1 Å². The van der Waals surface area contributed by atoms with E-state index >= 15 is 0 Å². The number of nitrogens with one attached hydrogen (secondary N) is 1. The molecular formula is C27H25F3N4O5. The molecule has 1 unspecified atom stereocenters. The Morgan fingerprint density at radius 1 is 1.18 bits per heavy atom. The monoisotopic (exact) mass is 542 g/mol. The lowest BCUT2D eigenvalue weighted by Gasteiger charge is -2.36. The molecular weight excluding hydrogens is 517 g/mol. The van der Waals surface area contributed by atoms with Crippen molar-refractivity contribution in [2.45, 2.75) is 38.6 Å². The maximum Gasteiger partial charge on any atom is 0.416 e. The average Bonchev–Trinajstić information content (AvgIpc) is 2.84. The number of esters is 1. The van der Waals surface area contributed by atoms with Crippen LogP contribution in [0.5, 0.6) is 5.75 Å². The van der Waals surface area contributed by atoms with Gasteiger partial charge in [-0.1, -0.05) is 12.1 Å². The van der Waals surface area contributed by atoms with Gasteiger partial charge in [0.25, 0.3) is 11.5 Å². The zero-order valence-electron chi connectivity index (χ0n) is 21.5. The summed E-state index contributed by atoms with van der Waals surface area (Å²) < 4.78 is 45.9. The molecule has 204 valence electrons. The molecule has 3 aromatic rings. The van der Waals surface area contributed by atoms with Crippen LogP contribution >= 0.6 is 0 Å². The van der Waals surface area contributed by atoms with Gasteiger partial charge in [-0.05, 0) is 50.6 Å². The number of nitrogens with zero attached hydrogens (tertiary/aromatic N) is 3. The lowest BCUT2D eigenvalue weighted by atomic mass is 9.97. The molecule has 2 N–H and O–H groups in total. The van der Waals surface area contributed by atoms with Crippen LogP contribution in [0.1, 0.15) is 48.3 Å². The zero-order chi connectivity index (χ0) is 28.9. The van der Waals surface area contributed by atoms with E-state index in [0.29, 0.717) is 11.3 Å². The highest BCUT2D eigenvalue weighted by Crippen LogP contribution is 2.42. The molecule has 1 atom stereocenters. The van der Waals surface area contributed by atoms with Crippen molar-refractivity contribution in [3.8, 4) is 5.75 Å². The summed E-state index contributed by atoms with van der Waals surface area (Å²) in [7, 11) is 1.69. The van der Waals surface area contributed by atoms with Crippen molar-refractivity contribution in [1.29, 1.82) is 0 Å². The van der Waals surface area contributed by atoms with Crippen LogP contribution in [0.3, 0.4) is 0 Å². The number of carbonyl (C=O) groups is 2. The third-order valence-electron chi connectivity index (χ3n) is 6.20. The van der Waals surface area contributed by atoms with Crippen molar-refractivity contribution in [2.75, 3.05) is 25.0 Å². The molecule has 12 heteroatoms. The Kier molecular flexibility index (Phi) is 6.81. The number of hydrogen-bond acceptors (Lipinski definition) is 6. The van der Waals surface area contributed by atoms with Crippen LogP contribution in [0.2, 0.25) is 0 Å². The van der Waals surface area contributed by atoms with E-state index in [9.17, 15) is 32.7 Å². The van der Waals surface area contributed by atoms with Crippen LogP contribution in [-0.4, -0.2) is 47.3 Å². The minimum atomic E-state index is -4.55. The standard InChI is InChI=1S/C27H25F3N4O5/c1-26(2,3)39-20(35)12-32-24(37)21-23(36)17-10-16(31-4)11-18-22(17)34(25(21)38)19(13-33(18)5)14-6-8-15(9-7-14)27(28,29)30/h6-11,19,36H,12-13H2,1-3,5H3,(H,32,37). The second-order valence-corrected chi connectivity index (χ2v) is 10.2. The summed E-state index contributed by atoms with van der Waals surface area (Å²) in [4.78, 5) is 44.1. The highest BCUT2D eigenvalue weighted by Gasteiger charge is 2.34. The topological polar surface area (TPSA) is 105 Å². The Morgan fingerprint density at radius 3 is 2.38 bits per heavy atom. The van der Waals surface area contributed by atoms with Crippen LogP contribution in [0.25, 0.3) is 15.7 Å². The molecule has 0 aliphatic carbocycles. The molecule has 0 radical (unpaired) electrons. The molecule has 1 amide bonds. The lowest BCUT2D eigenvalue weighted by Crippen LogP contribution is -2.42. The Balaban J connectivity index is 1.89. The molecule has 0 bridgehead atoms. The number of amides is 1. The smallest absolute Gasteiger partial charge is 0.416 e. The Labute approximate surface area is 221 Å². The number of ether oxygens (including phenoxy) is 1. The van der Waals surface area contributed by atoms with E-state index in [1.165, 1.54) is 28.8 Å². The van der Waals surface area contributed by atoms with E-state index in [1.54, 1.807) is 32.7 Å². The van der Waals surface area contributed by atoms with Gasteiger partial charge in [-0.3, -0.25) is 19.0 Å². The maximum absolute atomic E-state index is 13.8. The van der Waals surface area contributed by atoms with Gasteiger partial charge in [-0.25, -0.2) is 4.85 Å². The Bertz CT molecular complexity index is 1580. The maximum atomic E-state index is 13.8. The summed E-state index contributed by atoms with van der Waals surface area (Å²) in [5, 5.41) is 13.4. The van der Waals surface area contributed by atoms with Crippen molar-refractivity contribution in [2.24, 2.45) is 0 Å². The molecule has 0 spiro atoms. The summed E-state index contributed by atoms with van der Waals surface area (Å²) in [6, 6.07) is 6.34. The summed E-state index contributed by atoms with van der Waals surface area (Å²) in [5.74, 6) is -2.49. The number of anilines is 1. The first-order chi connectivity index (χ1) is 18.1. The molecule has 2 aromatic carbocycles. The summed E-state index contributed by atoms with van der Waals surface area (Å²) in [6.07, 6.45) is -4.55. The van der Waals surface area contributed by atoms with Crippen molar-refractivity contribution < 1.29 is 32.6 Å². The summed E-state index contributed by atoms with van der Waals surface area (Å²) >= 11 is 0. The number of hydrogen-bond donors (Lipinski definition) is 2. The first-order valence-electron chi connectivity index (χ1n) is 11.8. The molecule has 0 fully saturated rings. The molecule has 1 aromatic heterocycles. The number of likely N-dealkylation sites (N-methyl/N-ethyl adjacent to an activating group) is 1. The molecule has 1 aliphatic rings. The molecule has 39 heavy (non-hydrogen) atoms. The van der Waals surface area contributed by atoms with E-state index in [1.807, 2.05) is 0 Å². The van der Waals surface area contributed by atoms with Gasteiger partial charge in [0.05, 0.1) is 29.4 Å². The van der Waals surface area contributed by atoms with Gasteiger partial charge in [0.2, 0.25) is 0 Å². The fourth-order valence-corrected chi connectivity index (χ4v) is 4.56. The Hall–Kier alpha value is -4.53. The molecule has 0 saturated heterocycles. The minimum absolute atomic E-state index is 0.0315. The molecule has 0 saturated carbocycles. The first kappa shape index (κ1) is 27.5. The van der Waals surface area contributed by atoms with Crippen LogP contribution in [0.15, 0.2) is 41.2 Å². The molecule has 1 aliphatic heterocycles. The number of benzene rings is 2. The van der Waals surface area contributed by atoms with Crippen molar-refractivity contribution in [3.05, 3.63) is 74.9 Å². The van der Waals surface area contributed by atoms with Crippen molar-refractivity contribution in [3.63, 3.8) is 0 Å². The van der Waals surface area contributed by atoms with Crippen LogP contribution in [0.4, 0.5) is 24.5 Å². The number of pyridine rings is 1. The Morgan fingerprint density at radius 2 is 1.82 bits per heavy atom. The van der Waals surface area contributed by atoms with Crippen LogP contribution in [0, 0.1) is 6.57 Å². The second-order valence-electron chi connectivity index (χ2n) is 10.2. The second kappa shape index (κ2) is 9.65. The van der Waals surface area contributed by atoms with Gasteiger partial charge >= 0.3 is 12.1 Å². The molecule has 2 heterocycles. The van der Waals surface area contributed by atoms with Gasteiger partial charge in [0, 0.05) is 19.0 Å². The number of carbonyl (C=O) groups excluding carboxylic acids is 2. The summed E-state index contributed by atoms with van der Waals surface area (Å²) in [6.45, 7) is 11.9. The SMILES string of the molecule is [C-]#[N+]c1cc2c3c(c1)c(O)c(C(=O)NCC(=O)OC(C)(C)C)c(=O)n3C(c1ccc(C(F)(F)F)cc1)CN2C. The van der Waals surface area contributed by atoms with Crippen LogP contribution in [-0.2, 0) is 15.7 Å². The van der Waals surface area contributed by atoms with E-state index in [2.05, 4.69) is 10.2 Å². The number of aromatic hydroxyl groups is 1. The molecule has 9 nitrogen and oxygen atoms in total. The average molecular weight is 543 g/mol. The summed E-state index contributed by atoms with van der Waals surface area (Å²) in [5.41, 5.74) is -2.10. The fraction of sp³-hybridized carbons (Fsp3) is 0.333. The van der Waals surface area contributed by atoms with E-state index < -0.39 is 58.7 Å². The minimum Gasteiger partial charge on any atom is -0.506 e. The predicted octanol–water partition coefficient (Wildman–Crippen LogP) is 4.39. The fourth-order valence-electron chi connectivity index (χ4n) is 4.56. The van der Waals surface area contributed by atoms with Crippen LogP contribution < -0.4 is 15.8 Å². The molecule has 4 rings (SSSR count). The van der Waals surface area contributed by atoms with Gasteiger partial charge in [0.15, 0.2) is 5.69 Å². The lowest BCUT2D eigenvalue weighted by molar-refractivity contribution is -0.153. The van der Waals surface area contributed by atoms with Gasteiger partial charge in [-0.2, -0.15) is 13.2 Å². The van der Waals surface area contributed by atoms with Gasteiger partial charge in [-0.15, -0.1) is 0 Å². The van der Waals surface area contributed by atoms with E-state index in [-0.39, 0.29) is 23.1 Å². The quantitative estimate of drug-likeness (QED) is 0.375. The van der Waals surface area contributed by atoms with Crippen molar-refractivity contribution in [1.82, 2.24) is 9.88 Å². The van der Waals surface area contributed by atoms with Gasteiger partial charge < -0.3 is 20.1 Å². The number of alkyl halides is 3. The number of halogens is 3.